The summed E-state index contributed by atoms with van der Waals surface area (Å²) in [5.41, 5.74) is 0.604. The Balaban J connectivity index is 1.90. The van der Waals surface area contributed by atoms with Crippen LogP contribution >= 0.6 is 11.3 Å². The molecule has 1 N–H and O–H groups in total. The molecule has 7 nitrogen and oxygen atoms in total. The van der Waals surface area contributed by atoms with Gasteiger partial charge in [-0.2, -0.15) is 0 Å². The van der Waals surface area contributed by atoms with Gasteiger partial charge in [-0.05, 0) is 40.2 Å². The number of esters is 1. The van der Waals surface area contributed by atoms with Gasteiger partial charge >= 0.3 is 5.97 Å². The Morgan fingerprint density at radius 2 is 2.15 bits per heavy atom. The van der Waals surface area contributed by atoms with Crippen molar-refractivity contribution < 1.29 is 14.3 Å². The van der Waals surface area contributed by atoms with E-state index in [1.165, 1.54) is 17.7 Å². The minimum absolute atomic E-state index is 0.0230. The molecule has 0 aromatic carbocycles. The monoisotopic (exact) mass is 376 g/mol. The minimum Gasteiger partial charge on any atom is -0.462 e. The third kappa shape index (κ3) is 3.38. The number of amides is 1. The maximum absolute atomic E-state index is 12.3. The van der Waals surface area contributed by atoms with Gasteiger partial charge in [0, 0.05) is 18.5 Å². The van der Waals surface area contributed by atoms with Crippen LogP contribution in [0.4, 0.5) is 5.82 Å². The molecule has 3 rings (SSSR count). The molecule has 1 saturated heterocycles. The predicted octanol–water partition coefficient (Wildman–Crippen LogP) is 2.99. The molecule has 1 aliphatic rings. The molecule has 2 aromatic rings. The highest BCUT2D eigenvalue weighted by Gasteiger charge is 2.36. The van der Waals surface area contributed by atoms with Gasteiger partial charge in [-0.3, -0.25) is 4.79 Å². The fraction of sp³-hybridized carbons (Fsp3) is 0.556. The maximum atomic E-state index is 12.3. The fourth-order valence-corrected chi connectivity index (χ4v) is 4.26. The Labute approximate surface area is 156 Å². The van der Waals surface area contributed by atoms with Crippen molar-refractivity contribution in [2.75, 3.05) is 18.5 Å². The smallest absolute Gasteiger partial charge is 0.348 e. The number of fused-ring (bicyclic) bond motifs is 1. The quantitative estimate of drug-likeness (QED) is 0.826. The van der Waals surface area contributed by atoms with E-state index in [-0.39, 0.29) is 23.5 Å². The highest BCUT2D eigenvalue weighted by Crippen LogP contribution is 2.34. The summed E-state index contributed by atoms with van der Waals surface area (Å²) in [5, 5.41) is 4.20. The summed E-state index contributed by atoms with van der Waals surface area (Å²) in [4.78, 5) is 36.3. The largest absolute Gasteiger partial charge is 0.462 e. The Morgan fingerprint density at radius 3 is 2.77 bits per heavy atom. The molecule has 8 heteroatoms. The number of hydrogen-bond donors (Lipinski definition) is 1. The first-order chi connectivity index (χ1) is 12.2. The molecule has 1 fully saturated rings. The highest BCUT2D eigenvalue weighted by atomic mass is 32.1. The lowest BCUT2D eigenvalue weighted by Gasteiger charge is -2.32. The molecular weight excluding hydrogens is 352 g/mol. The number of nitrogens with zero attached hydrogens (tertiary/aromatic N) is 3. The Kier molecular flexibility index (Phi) is 4.88. The second-order valence-corrected chi connectivity index (χ2v) is 8.40. The summed E-state index contributed by atoms with van der Waals surface area (Å²) < 4.78 is 5.13. The Hall–Kier alpha value is -2.22. The van der Waals surface area contributed by atoms with Crippen LogP contribution in [-0.4, -0.2) is 51.5 Å². The summed E-state index contributed by atoms with van der Waals surface area (Å²) in [7, 11) is 0. The Bertz CT molecular complexity index is 856. The summed E-state index contributed by atoms with van der Waals surface area (Å²) >= 11 is 1.31. The lowest BCUT2D eigenvalue weighted by Crippen LogP contribution is -2.43. The number of aryl methyl sites for hydroxylation is 1. The molecule has 1 unspecified atom stereocenters. The number of thiophene rings is 1. The number of nitrogens with one attached hydrogen (secondary N) is 1. The summed E-state index contributed by atoms with van der Waals surface area (Å²) in [6, 6.07) is -0.0230. The van der Waals surface area contributed by atoms with E-state index >= 15 is 0 Å². The van der Waals surface area contributed by atoms with Crippen LogP contribution in [0.25, 0.3) is 10.2 Å². The molecule has 140 valence electrons. The van der Waals surface area contributed by atoms with Gasteiger partial charge < -0.3 is 15.0 Å². The number of rotatable bonds is 4. The topological polar surface area (TPSA) is 84.4 Å². The zero-order valence-electron chi connectivity index (χ0n) is 15.8. The van der Waals surface area contributed by atoms with Crippen LogP contribution in [0.2, 0.25) is 0 Å². The van der Waals surface area contributed by atoms with Gasteiger partial charge in [-0.15, -0.1) is 11.3 Å². The SMILES string of the molecule is CCOC(=O)c1sc2ncnc(NC3CC(=O)N(C(C)(C)C)C3)c2c1C. The summed E-state index contributed by atoms with van der Waals surface area (Å²) in [5.74, 6) is 0.455. The average Bonchev–Trinajstić information content (AvgIpc) is 3.08. The lowest BCUT2D eigenvalue weighted by molar-refractivity contribution is -0.131. The van der Waals surface area contributed by atoms with E-state index in [2.05, 4.69) is 15.3 Å². The molecule has 3 heterocycles. The van der Waals surface area contributed by atoms with E-state index in [0.717, 1.165) is 15.8 Å². The number of anilines is 1. The van der Waals surface area contributed by atoms with E-state index in [0.29, 0.717) is 30.3 Å². The van der Waals surface area contributed by atoms with Crippen molar-refractivity contribution >= 4 is 39.2 Å². The number of hydrogen-bond acceptors (Lipinski definition) is 7. The van der Waals surface area contributed by atoms with Crippen molar-refractivity contribution in [1.82, 2.24) is 14.9 Å². The van der Waals surface area contributed by atoms with Crippen molar-refractivity contribution in [2.45, 2.75) is 52.6 Å². The van der Waals surface area contributed by atoms with Crippen molar-refractivity contribution in [1.29, 1.82) is 0 Å². The van der Waals surface area contributed by atoms with E-state index in [4.69, 9.17) is 4.74 Å². The average molecular weight is 376 g/mol. The molecular formula is C18H24N4O3S. The van der Waals surface area contributed by atoms with Gasteiger partial charge in [0.05, 0.1) is 18.0 Å². The van der Waals surface area contributed by atoms with Crippen molar-refractivity contribution in [3.05, 3.63) is 16.8 Å². The molecule has 2 aromatic heterocycles. The van der Waals surface area contributed by atoms with E-state index in [9.17, 15) is 9.59 Å². The summed E-state index contributed by atoms with van der Waals surface area (Å²) in [6.45, 7) is 10.7. The van der Waals surface area contributed by atoms with Crippen molar-refractivity contribution in [3.8, 4) is 0 Å². The van der Waals surface area contributed by atoms with Crippen LogP contribution in [-0.2, 0) is 9.53 Å². The Morgan fingerprint density at radius 1 is 1.42 bits per heavy atom. The maximum Gasteiger partial charge on any atom is 0.348 e. The zero-order chi connectivity index (χ0) is 19.1. The number of carbonyl (C=O) groups excluding carboxylic acids is 2. The third-order valence-corrected chi connectivity index (χ3v) is 5.64. The van der Waals surface area contributed by atoms with E-state index in [1.807, 2.05) is 32.6 Å². The normalized spacial score (nSPS) is 17.8. The highest BCUT2D eigenvalue weighted by molar-refractivity contribution is 7.20. The number of ether oxygens (including phenoxy) is 1. The second-order valence-electron chi connectivity index (χ2n) is 7.40. The van der Waals surface area contributed by atoms with Crippen LogP contribution in [0.15, 0.2) is 6.33 Å². The number of carbonyl (C=O) groups is 2. The molecule has 0 bridgehead atoms. The first-order valence-electron chi connectivity index (χ1n) is 8.70. The van der Waals surface area contributed by atoms with Gasteiger partial charge in [0.25, 0.3) is 0 Å². The van der Waals surface area contributed by atoms with Gasteiger partial charge in [0.15, 0.2) is 0 Å². The van der Waals surface area contributed by atoms with Gasteiger partial charge in [0.2, 0.25) is 5.91 Å². The van der Waals surface area contributed by atoms with Gasteiger partial charge in [-0.1, -0.05) is 0 Å². The van der Waals surface area contributed by atoms with Crippen LogP contribution < -0.4 is 5.32 Å². The zero-order valence-corrected chi connectivity index (χ0v) is 16.6. The molecule has 0 radical (unpaired) electrons. The van der Waals surface area contributed by atoms with E-state index in [1.54, 1.807) is 6.92 Å². The van der Waals surface area contributed by atoms with Gasteiger partial charge in [0.1, 0.15) is 21.9 Å². The molecule has 1 aliphatic heterocycles. The van der Waals surface area contributed by atoms with E-state index < -0.39 is 0 Å². The standard InChI is InChI=1S/C18H24N4O3S/c1-6-25-17(24)14-10(2)13-15(19-9-20-16(13)26-14)21-11-7-12(23)22(8-11)18(3,4)5/h9,11H,6-8H2,1-5H3,(H,19,20,21). The van der Waals surface area contributed by atoms with Gasteiger partial charge in [-0.25, -0.2) is 14.8 Å². The van der Waals surface area contributed by atoms with Crippen LogP contribution in [0.5, 0.6) is 0 Å². The number of aromatic nitrogens is 2. The van der Waals surface area contributed by atoms with Crippen molar-refractivity contribution in [2.24, 2.45) is 0 Å². The molecule has 0 aliphatic carbocycles. The first kappa shape index (κ1) is 18.6. The lowest BCUT2D eigenvalue weighted by atomic mass is 10.1. The van der Waals surface area contributed by atoms with Crippen molar-refractivity contribution in [3.63, 3.8) is 0 Å². The predicted molar refractivity (Wildman–Crippen MR) is 102 cm³/mol. The molecule has 1 amide bonds. The number of likely N-dealkylation sites (tertiary alicyclic amines) is 1. The third-order valence-electron chi connectivity index (χ3n) is 4.46. The minimum atomic E-state index is -0.339. The molecule has 0 spiro atoms. The molecule has 26 heavy (non-hydrogen) atoms. The van der Waals surface area contributed by atoms with Crippen LogP contribution in [0.1, 0.15) is 49.4 Å². The molecule has 1 atom stereocenters. The second kappa shape index (κ2) is 6.83. The summed E-state index contributed by atoms with van der Waals surface area (Å²) in [6.07, 6.45) is 1.91. The van der Waals surface area contributed by atoms with Crippen LogP contribution in [0, 0.1) is 6.92 Å². The first-order valence-corrected chi connectivity index (χ1v) is 9.52. The fourth-order valence-electron chi connectivity index (χ4n) is 3.22. The molecule has 0 saturated carbocycles. The van der Waals surface area contributed by atoms with Crippen LogP contribution in [0.3, 0.4) is 0 Å².